The average molecular weight is 347 g/mol. The summed E-state index contributed by atoms with van der Waals surface area (Å²) >= 11 is 0. The van der Waals surface area contributed by atoms with Crippen LogP contribution in [-0.4, -0.2) is 11.2 Å². The fourth-order valence-electron chi connectivity index (χ4n) is 5.25. The van der Waals surface area contributed by atoms with Crippen molar-refractivity contribution in [3.8, 4) is 0 Å². The van der Waals surface area contributed by atoms with Crippen LogP contribution in [0.4, 0.5) is 4.39 Å². The number of hydrogen-bond acceptors (Lipinski definition) is 1. The molecular formula is C23H35FO. The van der Waals surface area contributed by atoms with Crippen LogP contribution in [0.5, 0.6) is 0 Å². The lowest BCUT2D eigenvalue weighted by atomic mass is 9.73. The van der Waals surface area contributed by atoms with Crippen molar-refractivity contribution < 1.29 is 9.50 Å². The standard InChI is InChI=1S/C23H35FO/c1-2-3-17-4-6-18(7-5-17)8-9-20-10-11-21(16-23(20)25)19-12-14-22(24)15-13-19/h12-15,17-18,20-21,23,25H,2-11,16H2,1H3. The van der Waals surface area contributed by atoms with Crippen molar-refractivity contribution in [1.82, 2.24) is 0 Å². The molecule has 1 nitrogen and oxygen atoms in total. The molecule has 3 atom stereocenters. The van der Waals surface area contributed by atoms with Crippen molar-refractivity contribution in [2.24, 2.45) is 17.8 Å². The summed E-state index contributed by atoms with van der Waals surface area (Å²) in [6.07, 6.45) is 13.8. The highest BCUT2D eigenvalue weighted by Crippen LogP contribution is 2.40. The van der Waals surface area contributed by atoms with E-state index in [1.165, 1.54) is 56.9 Å². The lowest BCUT2D eigenvalue weighted by Gasteiger charge is -2.35. The third kappa shape index (κ3) is 5.29. The Labute approximate surface area is 153 Å². The normalized spacial score (nSPS) is 33.3. The molecule has 2 aliphatic rings. The average Bonchev–Trinajstić information content (AvgIpc) is 2.63. The highest BCUT2D eigenvalue weighted by Gasteiger charge is 2.30. The Hall–Kier alpha value is -0.890. The smallest absolute Gasteiger partial charge is 0.123 e. The van der Waals surface area contributed by atoms with E-state index in [2.05, 4.69) is 6.92 Å². The molecule has 2 fully saturated rings. The van der Waals surface area contributed by atoms with Gasteiger partial charge in [-0.1, -0.05) is 64.0 Å². The Bertz CT molecular complexity index is 503. The van der Waals surface area contributed by atoms with Crippen LogP contribution in [0, 0.1) is 23.6 Å². The van der Waals surface area contributed by atoms with Crippen LogP contribution in [0.2, 0.25) is 0 Å². The van der Waals surface area contributed by atoms with E-state index in [0.29, 0.717) is 11.8 Å². The van der Waals surface area contributed by atoms with Gasteiger partial charge in [0.1, 0.15) is 5.82 Å². The maximum absolute atomic E-state index is 13.1. The van der Waals surface area contributed by atoms with Gasteiger partial charge in [0.05, 0.1) is 6.10 Å². The summed E-state index contributed by atoms with van der Waals surface area (Å²) in [5.41, 5.74) is 1.19. The predicted molar refractivity (Wildman–Crippen MR) is 102 cm³/mol. The van der Waals surface area contributed by atoms with Gasteiger partial charge in [0.25, 0.3) is 0 Å². The minimum Gasteiger partial charge on any atom is -0.393 e. The topological polar surface area (TPSA) is 20.2 Å². The summed E-state index contributed by atoms with van der Waals surface area (Å²) in [4.78, 5) is 0. The van der Waals surface area contributed by atoms with Crippen LogP contribution < -0.4 is 0 Å². The van der Waals surface area contributed by atoms with Crippen molar-refractivity contribution in [3.05, 3.63) is 35.6 Å². The van der Waals surface area contributed by atoms with Crippen molar-refractivity contribution in [1.29, 1.82) is 0 Å². The zero-order chi connectivity index (χ0) is 17.6. The Balaban J connectivity index is 1.41. The second-order valence-electron chi connectivity index (χ2n) is 8.64. The minimum absolute atomic E-state index is 0.174. The SMILES string of the molecule is CCCC1CCC(CCC2CCC(c3ccc(F)cc3)CC2O)CC1. The van der Waals surface area contributed by atoms with Gasteiger partial charge in [-0.3, -0.25) is 0 Å². The van der Waals surface area contributed by atoms with E-state index in [1.54, 1.807) is 12.1 Å². The van der Waals surface area contributed by atoms with Crippen LogP contribution in [0.3, 0.4) is 0 Å². The van der Waals surface area contributed by atoms with E-state index in [-0.39, 0.29) is 11.9 Å². The first-order chi connectivity index (χ1) is 12.2. The molecule has 1 aromatic carbocycles. The van der Waals surface area contributed by atoms with E-state index in [9.17, 15) is 9.50 Å². The Morgan fingerprint density at radius 3 is 2.12 bits per heavy atom. The summed E-state index contributed by atoms with van der Waals surface area (Å²) in [7, 11) is 0. The van der Waals surface area contributed by atoms with Gasteiger partial charge in [0.2, 0.25) is 0 Å². The predicted octanol–water partition coefficient (Wildman–Crippen LogP) is 6.46. The molecular weight excluding hydrogens is 311 g/mol. The molecule has 3 unspecified atom stereocenters. The third-order valence-electron chi connectivity index (χ3n) is 6.91. The third-order valence-corrected chi connectivity index (χ3v) is 6.91. The second-order valence-corrected chi connectivity index (χ2v) is 8.64. The van der Waals surface area contributed by atoms with Crippen molar-refractivity contribution in [3.63, 3.8) is 0 Å². The molecule has 3 rings (SSSR count). The van der Waals surface area contributed by atoms with Crippen LogP contribution in [-0.2, 0) is 0 Å². The molecule has 0 aliphatic heterocycles. The van der Waals surface area contributed by atoms with E-state index in [4.69, 9.17) is 0 Å². The highest BCUT2D eigenvalue weighted by molar-refractivity contribution is 5.21. The van der Waals surface area contributed by atoms with Gasteiger partial charge in [-0.2, -0.15) is 0 Å². The zero-order valence-electron chi connectivity index (χ0n) is 15.8. The molecule has 0 heterocycles. The van der Waals surface area contributed by atoms with Crippen LogP contribution in [0.1, 0.15) is 89.0 Å². The molecule has 0 bridgehead atoms. The van der Waals surface area contributed by atoms with E-state index in [0.717, 1.165) is 31.1 Å². The van der Waals surface area contributed by atoms with Gasteiger partial charge >= 0.3 is 0 Å². The van der Waals surface area contributed by atoms with Gasteiger partial charge in [-0.15, -0.1) is 0 Å². The van der Waals surface area contributed by atoms with Gasteiger partial charge < -0.3 is 5.11 Å². The van der Waals surface area contributed by atoms with Crippen LogP contribution in [0.25, 0.3) is 0 Å². The summed E-state index contributed by atoms with van der Waals surface area (Å²) in [5, 5.41) is 10.6. The van der Waals surface area contributed by atoms with E-state index in [1.807, 2.05) is 12.1 Å². The largest absolute Gasteiger partial charge is 0.393 e. The van der Waals surface area contributed by atoms with Gasteiger partial charge in [0.15, 0.2) is 0 Å². The van der Waals surface area contributed by atoms with Crippen molar-refractivity contribution >= 4 is 0 Å². The number of aliphatic hydroxyl groups is 1. The first-order valence-corrected chi connectivity index (χ1v) is 10.6. The summed E-state index contributed by atoms with van der Waals surface area (Å²) < 4.78 is 13.1. The number of hydrogen-bond donors (Lipinski definition) is 1. The molecule has 2 heteroatoms. The molecule has 1 aromatic rings. The molecule has 2 aliphatic carbocycles. The molecule has 140 valence electrons. The summed E-state index contributed by atoms with van der Waals surface area (Å²) in [5.74, 6) is 2.58. The monoisotopic (exact) mass is 346 g/mol. The molecule has 0 aromatic heterocycles. The van der Waals surface area contributed by atoms with Gasteiger partial charge in [0, 0.05) is 0 Å². The van der Waals surface area contributed by atoms with Gasteiger partial charge in [-0.05, 0) is 67.1 Å². The lowest BCUT2D eigenvalue weighted by Crippen LogP contribution is -2.29. The fraction of sp³-hybridized carbons (Fsp3) is 0.739. The molecule has 25 heavy (non-hydrogen) atoms. The Morgan fingerprint density at radius 1 is 0.880 bits per heavy atom. The minimum atomic E-state index is -0.180. The molecule has 0 saturated heterocycles. The number of aliphatic hydroxyl groups excluding tert-OH is 1. The first-order valence-electron chi connectivity index (χ1n) is 10.6. The van der Waals surface area contributed by atoms with Gasteiger partial charge in [-0.25, -0.2) is 4.39 Å². The van der Waals surface area contributed by atoms with Crippen LogP contribution >= 0.6 is 0 Å². The van der Waals surface area contributed by atoms with Crippen molar-refractivity contribution in [2.45, 2.75) is 89.6 Å². The summed E-state index contributed by atoms with van der Waals surface area (Å²) in [6.45, 7) is 2.30. The summed E-state index contributed by atoms with van der Waals surface area (Å²) in [6, 6.07) is 6.87. The molecule has 0 amide bonds. The second kappa shape index (κ2) is 9.16. The van der Waals surface area contributed by atoms with E-state index < -0.39 is 0 Å². The molecule has 0 spiro atoms. The van der Waals surface area contributed by atoms with Crippen LogP contribution in [0.15, 0.2) is 24.3 Å². The lowest BCUT2D eigenvalue weighted by molar-refractivity contribution is 0.0510. The van der Waals surface area contributed by atoms with E-state index >= 15 is 0 Å². The number of rotatable bonds is 6. The Kier molecular flexibility index (Phi) is 6.92. The number of benzene rings is 1. The highest BCUT2D eigenvalue weighted by atomic mass is 19.1. The molecule has 2 saturated carbocycles. The maximum Gasteiger partial charge on any atom is 0.123 e. The molecule has 1 N–H and O–H groups in total. The number of halogens is 1. The maximum atomic E-state index is 13.1. The Morgan fingerprint density at radius 2 is 1.52 bits per heavy atom. The zero-order valence-corrected chi connectivity index (χ0v) is 15.8. The fourth-order valence-corrected chi connectivity index (χ4v) is 5.25. The quantitative estimate of drug-likeness (QED) is 0.627. The molecule has 0 radical (unpaired) electrons. The van der Waals surface area contributed by atoms with Crippen molar-refractivity contribution in [2.75, 3.05) is 0 Å². The first kappa shape index (κ1) is 18.9.